The van der Waals surface area contributed by atoms with Crippen LogP contribution in [0.3, 0.4) is 0 Å². The summed E-state index contributed by atoms with van der Waals surface area (Å²) in [7, 11) is 4.52. The van der Waals surface area contributed by atoms with Gasteiger partial charge < -0.3 is 18.9 Å². The van der Waals surface area contributed by atoms with E-state index >= 15 is 0 Å². The number of carbonyl (C=O) groups is 1. The molecule has 0 spiro atoms. The summed E-state index contributed by atoms with van der Waals surface area (Å²) in [6.45, 7) is 4.20. The molecule has 1 atom stereocenters. The van der Waals surface area contributed by atoms with Crippen molar-refractivity contribution in [2.75, 3.05) is 21.3 Å². The molecule has 2 rings (SSSR count). The minimum atomic E-state index is -0.477. The molecular weight excluding hydrogens is 320 g/mol. The van der Waals surface area contributed by atoms with Gasteiger partial charge in [-0.3, -0.25) is 0 Å². The summed E-state index contributed by atoms with van der Waals surface area (Å²) >= 11 is 0. The number of para-hydroxylation sites is 1. The van der Waals surface area contributed by atoms with Crippen molar-refractivity contribution in [2.24, 2.45) is 0 Å². The Kier molecular flexibility index (Phi) is 6.28. The first-order valence-corrected chi connectivity index (χ1v) is 8.16. The van der Waals surface area contributed by atoms with E-state index in [1.165, 1.54) is 21.3 Å². The van der Waals surface area contributed by atoms with Crippen LogP contribution in [0.2, 0.25) is 0 Å². The standard InChI is InChI=1S/C20H24O5/c1-6-13(2)15-9-7-8-10-16(15)25-20(21)14-11-17(22-3)19(24-5)18(12-14)23-4/h7-13H,6H2,1-5H3/t13-/m0/s1. The molecule has 0 aliphatic rings. The molecule has 0 aromatic heterocycles. The van der Waals surface area contributed by atoms with Crippen molar-refractivity contribution in [3.8, 4) is 23.0 Å². The van der Waals surface area contributed by atoms with Crippen molar-refractivity contribution >= 4 is 5.97 Å². The van der Waals surface area contributed by atoms with Crippen LogP contribution in [0.1, 0.15) is 42.1 Å². The van der Waals surface area contributed by atoms with E-state index in [9.17, 15) is 4.79 Å². The second-order valence-electron chi connectivity index (χ2n) is 5.65. The maximum absolute atomic E-state index is 12.6. The molecule has 134 valence electrons. The molecule has 0 fully saturated rings. The van der Waals surface area contributed by atoms with Crippen molar-refractivity contribution in [3.05, 3.63) is 47.5 Å². The van der Waals surface area contributed by atoms with Crippen LogP contribution < -0.4 is 18.9 Å². The Balaban J connectivity index is 2.36. The number of rotatable bonds is 7. The van der Waals surface area contributed by atoms with Gasteiger partial charge >= 0.3 is 5.97 Å². The molecule has 5 heteroatoms. The molecule has 2 aromatic carbocycles. The van der Waals surface area contributed by atoms with Crippen molar-refractivity contribution in [2.45, 2.75) is 26.2 Å². The Hall–Kier alpha value is -2.69. The van der Waals surface area contributed by atoms with E-state index in [0.717, 1.165) is 12.0 Å². The van der Waals surface area contributed by atoms with Gasteiger partial charge in [0.1, 0.15) is 5.75 Å². The van der Waals surface area contributed by atoms with Gasteiger partial charge in [-0.15, -0.1) is 0 Å². The van der Waals surface area contributed by atoms with Gasteiger partial charge in [0.15, 0.2) is 11.5 Å². The fraction of sp³-hybridized carbons (Fsp3) is 0.350. The van der Waals surface area contributed by atoms with Crippen LogP contribution in [0.25, 0.3) is 0 Å². The van der Waals surface area contributed by atoms with Gasteiger partial charge in [-0.05, 0) is 36.1 Å². The average molecular weight is 344 g/mol. The van der Waals surface area contributed by atoms with Gasteiger partial charge in [0.25, 0.3) is 0 Å². The van der Waals surface area contributed by atoms with Gasteiger partial charge in [0, 0.05) is 0 Å². The maximum Gasteiger partial charge on any atom is 0.343 e. The Bertz CT molecular complexity index is 714. The number of carbonyl (C=O) groups excluding carboxylic acids is 1. The van der Waals surface area contributed by atoms with Crippen LogP contribution in [0, 0.1) is 0 Å². The van der Waals surface area contributed by atoms with E-state index in [0.29, 0.717) is 34.5 Å². The molecule has 0 aliphatic heterocycles. The predicted octanol–water partition coefficient (Wildman–Crippen LogP) is 4.45. The minimum Gasteiger partial charge on any atom is -0.493 e. The maximum atomic E-state index is 12.6. The third-order valence-corrected chi connectivity index (χ3v) is 4.17. The molecule has 5 nitrogen and oxygen atoms in total. The molecule has 0 heterocycles. The predicted molar refractivity (Wildman–Crippen MR) is 96.2 cm³/mol. The first kappa shape index (κ1) is 18.6. The minimum absolute atomic E-state index is 0.295. The molecule has 0 saturated carbocycles. The van der Waals surface area contributed by atoms with Crippen LogP contribution in [-0.2, 0) is 0 Å². The first-order chi connectivity index (χ1) is 12.0. The van der Waals surface area contributed by atoms with E-state index in [-0.39, 0.29) is 0 Å². The zero-order valence-electron chi connectivity index (χ0n) is 15.3. The number of esters is 1. The molecule has 0 aliphatic carbocycles. The summed E-state index contributed by atoms with van der Waals surface area (Å²) in [4.78, 5) is 12.6. The highest BCUT2D eigenvalue weighted by atomic mass is 16.5. The average Bonchev–Trinajstić information content (AvgIpc) is 2.66. The molecule has 0 saturated heterocycles. The van der Waals surface area contributed by atoms with Crippen molar-refractivity contribution in [1.82, 2.24) is 0 Å². The summed E-state index contributed by atoms with van der Waals surface area (Å²) in [6.07, 6.45) is 0.957. The lowest BCUT2D eigenvalue weighted by Gasteiger charge is -2.16. The largest absolute Gasteiger partial charge is 0.493 e. The van der Waals surface area contributed by atoms with E-state index < -0.39 is 5.97 Å². The Morgan fingerprint density at radius 2 is 1.56 bits per heavy atom. The summed E-state index contributed by atoms with van der Waals surface area (Å²) in [6, 6.07) is 10.7. The van der Waals surface area contributed by atoms with Crippen LogP contribution in [-0.4, -0.2) is 27.3 Å². The van der Waals surface area contributed by atoms with Crippen LogP contribution in [0.4, 0.5) is 0 Å². The topological polar surface area (TPSA) is 54.0 Å². The molecule has 25 heavy (non-hydrogen) atoms. The number of hydrogen-bond donors (Lipinski definition) is 0. The number of benzene rings is 2. The Morgan fingerprint density at radius 3 is 2.08 bits per heavy atom. The lowest BCUT2D eigenvalue weighted by Crippen LogP contribution is -2.11. The second-order valence-corrected chi connectivity index (χ2v) is 5.65. The lowest BCUT2D eigenvalue weighted by atomic mass is 9.98. The summed E-state index contributed by atoms with van der Waals surface area (Å²) in [5.41, 5.74) is 1.33. The molecular formula is C20H24O5. The molecule has 0 bridgehead atoms. The first-order valence-electron chi connectivity index (χ1n) is 8.16. The third kappa shape index (κ3) is 4.05. The molecule has 0 N–H and O–H groups in total. The molecule has 2 aromatic rings. The lowest BCUT2D eigenvalue weighted by molar-refractivity contribution is 0.0731. The van der Waals surface area contributed by atoms with E-state index in [4.69, 9.17) is 18.9 Å². The van der Waals surface area contributed by atoms with E-state index in [2.05, 4.69) is 13.8 Å². The van der Waals surface area contributed by atoms with Crippen LogP contribution >= 0.6 is 0 Å². The number of ether oxygens (including phenoxy) is 4. The number of methoxy groups -OCH3 is 3. The SMILES string of the molecule is CC[C@H](C)c1ccccc1OC(=O)c1cc(OC)c(OC)c(OC)c1. The normalized spacial score (nSPS) is 11.6. The van der Waals surface area contributed by atoms with Crippen molar-refractivity contribution in [1.29, 1.82) is 0 Å². The van der Waals surface area contributed by atoms with Crippen molar-refractivity contribution < 1.29 is 23.7 Å². The van der Waals surface area contributed by atoms with Crippen LogP contribution in [0.15, 0.2) is 36.4 Å². The number of hydrogen-bond acceptors (Lipinski definition) is 5. The van der Waals surface area contributed by atoms with E-state index in [1.54, 1.807) is 18.2 Å². The van der Waals surface area contributed by atoms with E-state index in [1.807, 2.05) is 18.2 Å². The van der Waals surface area contributed by atoms with Gasteiger partial charge in [-0.1, -0.05) is 32.0 Å². The Morgan fingerprint density at radius 1 is 0.960 bits per heavy atom. The fourth-order valence-corrected chi connectivity index (χ4v) is 2.56. The zero-order chi connectivity index (χ0) is 18.4. The van der Waals surface area contributed by atoms with Gasteiger partial charge in [-0.2, -0.15) is 0 Å². The molecule has 0 radical (unpaired) electrons. The summed E-state index contributed by atoms with van der Waals surface area (Å²) in [5.74, 6) is 1.63. The Labute approximate surface area is 148 Å². The van der Waals surface area contributed by atoms with Crippen LogP contribution in [0.5, 0.6) is 23.0 Å². The summed E-state index contributed by atoms with van der Waals surface area (Å²) in [5, 5.41) is 0. The second kappa shape index (κ2) is 8.42. The van der Waals surface area contributed by atoms with Gasteiger partial charge in [0.05, 0.1) is 26.9 Å². The van der Waals surface area contributed by atoms with Crippen molar-refractivity contribution in [3.63, 3.8) is 0 Å². The third-order valence-electron chi connectivity index (χ3n) is 4.17. The smallest absolute Gasteiger partial charge is 0.343 e. The zero-order valence-corrected chi connectivity index (χ0v) is 15.3. The van der Waals surface area contributed by atoms with Gasteiger partial charge in [0.2, 0.25) is 5.75 Å². The van der Waals surface area contributed by atoms with Gasteiger partial charge in [-0.25, -0.2) is 4.79 Å². The highest BCUT2D eigenvalue weighted by molar-refractivity contribution is 5.93. The fourth-order valence-electron chi connectivity index (χ4n) is 2.56. The quantitative estimate of drug-likeness (QED) is 0.549. The monoisotopic (exact) mass is 344 g/mol. The summed E-state index contributed by atoms with van der Waals surface area (Å²) < 4.78 is 21.5. The highest BCUT2D eigenvalue weighted by Crippen LogP contribution is 2.38. The highest BCUT2D eigenvalue weighted by Gasteiger charge is 2.20. The molecule has 0 amide bonds. The molecule has 0 unspecified atom stereocenters.